The van der Waals surface area contributed by atoms with Crippen LogP contribution < -0.4 is 15.4 Å². The number of ether oxygens (including phenoxy) is 2. The van der Waals surface area contributed by atoms with Gasteiger partial charge in [0.05, 0.1) is 18.8 Å². The van der Waals surface area contributed by atoms with E-state index in [2.05, 4.69) is 22.8 Å². The average Bonchev–Trinajstić information content (AvgIpc) is 3.08. The smallest absolute Gasteiger partial charge is 0.254 e. The summed E-state index contributed by atoms with van der Waals surface area (Å²) in [5, 5.41) is 5.79. The first-order valence-corrected chi connectivity index (χ1v) is 10.1. The van der Waals surface area contributed by atoms with Crippen molar-refractivity contribution in [2.24, 2.45) is 11.8 Å². The minimum absolute atomic E-state index is 0.0314. The van der Waals surface area contributed by atoms with Crippen LogP contribution in [0.2, 0.25) is 0 Å². The summed E-state index contributed by atoms with van der Waals surface area (Å²) in [5.74, 6) is 0.978. The SMILES string of the molecule is CNC(=O)c1cc(C(=O)N[C@H]2[C@@H]3COC[C@@H]32)cc2c1O[C@@H](C)[C@@H]2c1ccccc1. The van der Waals surface area contributed by atoms with Crippen LogP contribution in [-0.2, 0) is 4.74 Å². The van der Waals surface area contributed by atoms with Gasteiger partial charge in [-0.1, -0.05) is 30.3 Å². The summed E-state index contributed by atoms with van der Waals surface area (Å²) in [5.41, 5.74) is 2.88. The van der Waals surface area contributed by atoms with Gasteiger partial charge >= 0.3 is 0 Å². The molecule has 5 atom stereocenters. The maximum Gasteiger partial charge on any atom is 0.254 e. The lowest BCUT2D eigenvalue weighted by molar-refractivity contribution is 0.0929. The Hall–Kier alpha value is -2.86. The Bertz CT molecular complexity index is 964. The number of nitrogens with one attached hydrogen (secondary N) is 2. The molecule has 6 nitrogen and oxygen atoms in total. The molecule has 3 aliphatic rings. The van der Waals surface area contributed by atoms with E-state index in [4.69, 9.17) is 9.47 Å². The van der Waals surface area contributed by atoms with Gasteiger partial charge in [0.25, 0.3) is 11.8 Å². The summed E-state index contributed by atoms with van der Waals surface area (Å²) in [4.78, 5) is 25.5. The average molecular weight is 392 g/mol. The Balaban J connectivity index is 1.53. The molecular weight excluding hydrogens is 368 g/mol. The van der Waals surface area contributed by atoms with Crippen molar-refractivity contribution in [2.75, 3.05) is 20.3 Å². The third kappa shape index (κ3) is 2.99. The molecule has 0 bridgehead atoms. The van der Waals surface area contributed by atoms with Gasteiger partial charge in [0.1, 0.15) is 11.9 Å². The van der Waals surface area contributed by atoms with Gasteiger partial charge in [0.15, 0.2) is 0 Å². The maximum atomic E-state index is 13.0. The number of hydrogen-bond donors (Lipinski definition) is 2. The van der Waals surface area contributed by atoms with Crippen LogP contribution >= 0.6 is 0 Å². The number of amides is 2. The molecule has 2 aliphatic heterocycles. The van der Waals surface area contributed by atoms with Gasteiger partial charge in [-0.2, -0.15) is 0 Å². The molecule has 150 valence electrons. The number of carbonyl (C=O) groups is 2. The van der Waals surface area contributed by atoms with E-state index < -0.39 is 0 Å². The second-order valence-corrected chi connectivity index (χ2v) is 8.10. The molecule has 0 radical (unpaired) electrons. The Morgan fingerprint density at radius 1 is 1.03 bits per heavy atom. The van der Waals surface area contributed by atoms with Crippen molar-refractivity contribution in [3.05, 3.63) is 64.7 Å². The summed E-state index contributed by atoms with van der Waals surface area (Å²) < 4.78 is 11.5. The van der Waals surface area contributed by atoms with Crippen molar-refractivity contribution in [3.63, 3.8) is 0 Å². The Morgan fingerprint density at radius 3 is 2.45 bits per heavy atom. The monoisotopic (exact) mass is 392 g/mol. The fraction of sp³-hybridized carbons (Fsp3) is 0.391. The molecule has 1 saturated heterocycles. The molecule has 1 saturated carbocycles. The van der Waals surface area contributed by atoms with Gasteiger partial charge in [0.2, 0.25) is 0 Å². The lowest BCUT2D eigenvalue weighted by Crippen LogP contribution is -2.30. The lowest BCUT2D eigenvalue weighted by atomic mass is 9.87. The van der Waals surface area contributed by atoms with Gasteiger partial charge in [-0.3, -0.25) is 9.59 Å². The predicted octanol–water partition coefficient (Wildman–Crippen LogP) is 2.33. The van der Waals surface area contributed by atoms with Crippen LogP contribution in [0.1, 0.15) is 44.7 Å². The summed E-state index contributed by atoms with van der Waals surface area (Å²) in [6.07, 6.45) is -0.131. The van der Waals surface area contributed by atoms with Gasteiger partial charge in [-0.05, 0) is 24.6 Å². The fourth-order valence-electron chi connectivity index (χ4n) is 4.75. The molecule has 2 aromatic rings. The molecule has 29 heavy (non-hydrogen) atoms. The van der Waals surface area contributed by atoms with Crippen molar-refractivity contribution in [1.82, 2.24) is 10.6 Å². The molecule has 0 aromatic heterocycles. The highest BCUT2D eigenvalue weighted by Gasteiger charge is 2.54. The van der Waals surface area contributed by atoms with Gasteiger partial charge in [0, 0.05) is 42.0 Å². The number of carbonyl (C=O) groups excluding carboxylic acids is 2. The zero-order chi connectivity index (χ0) is 20.1. The van der Waals surface area contributed by atoms with Crippen molar-refractivity contribution < 1.29 is 19.1 Å². The van der Waals surface area contributed by atoms with E-state index in [0.717, 1.165) is 11.1 Å². The van der Waals surface area contributed by atoms with Crippen LogP contribution in [0.3, 0.4) is 0 Å². The number of benzene rings is 2. The fourth-order valence-corrected chi connectivity index (χ4v) is 4.75. The highest BCUT2D eigenvalue weighted by atomic mass is 16.5. The Morgan fingerprint density at radius 2 is 1.76 bits per heavy atom. The van der Waals surface area contributed by atoms with E-state index in [1.165, 1.54) is 0 Å². The third-order valence-electron chi connectivity index (χ3n) is 6.37. The van der Waals surface area contributed by atoms with Crippen LogP contribution in [0.25, 0.3) is 0 Å². The summed E-state index contributed by atoms with van der Waals surface area (Å²) >= 11 is 0. The summed E-state index contributed by atoms with van der Waals surface area (Å²) in [6, 6.07) is 13.8. The number of rotatable bonds is 4. The van der Waals surface area contributed by atoms with E-state index in [1.54, 1.807) is 13.1 Å². The van der Waals surface area contributed by atoms with E-state index >= 15 is 0 Å². The molecular formula is C23H24N2O4. The predicted molar refractivity (Wildman–Crippen MR) is 107 cm³/mol. The maximum absolute atomic E-state index is 13.0. The molecule has 2 heterocycles. The van der Waals surface area contributed by atoms with Crippen molar-refractivity contribution in [1.29, 1.82) is 0 Å². The number of hydrogen-bond acceptors (Lipinski definition) is 4. The van der Waals surface area contributed by atoms with Gasteiger partial charge in [-0.15, -0.1) is 0 Å². The zero-order valence-electron chi connectivity index (χ0n) is 16.5. The molecule has 2 N–H and O–H groups in total. The number of fused-ring (bicyclic) bond motifs is 2. The van der Waals surface area contributed by atoms with Crippen LogP contribution in [0.4, 0.5) is 0 Å². The Kier molecular flexibility index (Phi) is 4.32. The first-order valence-electron chi connectivity index (χ1n) is 10.1. The van der Waals surface area contributed by atoms with Crippen LogP contribution in [0, 0.1) is 11.8 Å². The van der Waals surface area contributed by atoms with E-state index in [9.17, 15) is 9.59 Å². The molecule has 6 heteroatoms. The Labute approximate surface area is 169 Å². The molecule has 0 spiro atoms. The third-order valence-corrected chi connectivity index (χ3v) is 6.37. The highest BCUT2D eigenvalue weighted by Crippen LogP contribution is 2.46. The first kappa shape index (κ1) is 18.2. The highest BCUT2D eigenvalue weighted by molar-refractivity contribution is 6.02. The van der Waals surface area contributed by atoms with E-state index in [-0.39, 0.29) is 29.9 Å². The first-order chi connectivity index (χ1) is 14.1. The largest absolute Gasteiger partial charge is 0.489 e. The van der Waals surface area contributed by atoms with Crippen molar-refractivity contribution >= 4 is 11.8 Å². The minimum Gasteiger partial charge on any atom is -0.489 e. The summed E-state index contributed by atoms with van der Waals surface area (Å²) in [7, 11) is 1.58. The quantitative estimate of drug-likeness (QED) is 0.837. The van der Waals surface area contributed by atoms with Gasteiger partial charge < -0.3 is 20.1 Å². The molecule has 2 aromatic carbocycles. The topological polar surface area (TPSA) is 76.7 Å². The lowest BCUT2D eigenvalue weighted by Gasteiger charge is -2.15. The molecule has 0 unspecified atom stereocenters. The second-order valence-electron chi connectivity index (χ2n) is 8.10. The zero-order valence-corrected chi connectivity index (χ0v) is 16.5. The summed E-state index contributed by atoms with van der Waals surface area (Å²) in [6.45, 7) is 3.42. The van der Waals surface area contributed by atoms with Crippen molar-refractivity contribution in [2.45, 2.75) is 25.0 Å². The normalized spacial score (nSPS) is 28.8. The van der Waals surface area contributed by atoms with Crippen LogP contribution in [0.5, 0.6) is 5.75 Å². The minimum atomic E-state index is -0.256. The van der Waals surface area contributed by atoms with E-state index in [0.29, 0.717) is 41.9 Å². The molecule has 2 amide bonds. The standard InChI is InChI=1S/C23H24N2O4/c1-12-19(13-6-4-3-5-7-13)15-8-14(9-16(21(15)29-12)23(27)24-2)22(26)25-20-17-10-28-11-18(17)20/h3-9,12,17-20H,10-11H2,1-2H3,(H,24,27)(H,25,26)/t12-,17-,18+,19+,20+/m0/s1. The molecule has 2 fully saturated rings. The van der Waals surface area contributed by atoms with Crippen molar-refractivity contribution in [3.8, 4) is 5.75 Å². The molecule has 5 rings (SSSR count). The van der Waals surface area contributed by atoms with Crippen LogP contribution in [-0.4, -0.2) is 44.2 Å². The van der Waals surface area contributed by atoms with E-state index in [1.807, 2.05) is 31.2 Å². The molecule has 1 aliphatic carbocycles. The van der Waals surface area contributed by atoms with Gasteiger partial charge in [-0.25, -0.2) is 0 Å². The van der Waals surface area contributed by atoms with Crippen LogP contribution in [0.15, 0.2) is 42.5 Å². The second kappa shape index (κ2) is 6.88.